The van der Waals surface area contributed by atoms with Crippen molar-refractivity contribution in [1.29, 1.82) is 0 Å². The summed E-state index contributed by atoms with van der Waals surface area (Å²) in [5.41, 5.74) is 12.1. The molecule has 0 saturated carbocycles. The molecular weight excluding hydrogens is 476 g/mol. The lowest BCUT2D eigenvalue weighted by molar-refractivity contribution is 0.100. The first-order valence-corrected chi connectivity index (χ1v) is 12.8. The molecule has 174 valence electrons. The minimum Gasteiger partial charge on any atom is -0.366 e. The van der Waals surface area contributed by atoms with E-state index in [1.807, 2.05) is 29.6 Å². The molecule has 7 nitrogen and oxygen atoms in total. The van der Waals surface area contributed by atoms with Gasteiger partial charge in [-0.15, -0.1) is 21.5 Å². The maximum Gasteiger partial charge on any atom is 0.248 e. The summed E-state index contributed by atoms with van der Waals surface area (Å²) < 4.78 is 2.09. The second-order valence-electron chi connectivity index (χ2n) is 8.02. The monoisotopic (exact) mass is 498 g/mol. The number of pyridine rings is 1. The van der Waals surface area contributed by atoms with Crippen molar-refractivity contribution >= 4 is 29.0 Å². The molecule has 0 spiro atoms. The molecule has 0 aliphatic rings. The number of thiazole rings is 1. The number of thioether (sulfide) groups is 1. The van der Waals surface area contributed by atoms with Crippen LogP contribution in [0.2, 0.25) is 0 Å². The van der Waals surface area contributed by atoms with E-state index in [1.54, 1.807) is 47.6 Å². The predicted octanol–water partition coefficient (Wildman–Crippen LogP) is 5.46. The zero-order valence-corrected chi connectivity index (χ0v) is 20.8. The lowest BCUT2D eigenvalue weighted by Crippen LogP contribution is -2.10. The van der Waals surface area contributed by atoms with E-state index in [2.05, 4.69) is 51.8 Å². The number of primary amides is 1. The summed E-state index contributed by atoms with van der Waals surface area (Å²) >= 11 is 3.16. The molecule has 0 aliphatic carbocycles. The van der Waals surface area contributed by atoms with Crippen molar-refractivity contribution in [3.05, 3.63) is 94.8 Å². The van der Waals surface area contributed by atoms with Crippen LogP contribution in [0, 0.1) is 13.8 Å². The van der Waals surface area contributed by atoms with E-state index in [9.17, 15) is 4.79 Å². The maximum atomic E-state index is 11.3. The molecule has 3 heterocycles. The molecule has 2 aromatic carbocycles. The summed E-state index contributed by atoms with van der Waals surface area (Å²) in [6.07, 6.45) is 3.52. The van der Waals surface area contributed by atoms with Gasteiger partial charge in [0.2, 0.25) is 5.91 Å². The first kappa shape index (κ1) is 22.9. The molecule has 35 heavy (non-hydrogen) atoms. The van der Waals surface area contributed by atoms with Crippen LogP contribution < -0.4 is 5.73 Å². The Morgan fingerprint density at radius 2 is 1.74 bits per heavy atom. The topological polar surface area (TPSA) is 99.6 Å². The lowest BCUT2D eigenvalue weighted by Gasteiger charge is -2.12. The molecule has 0 atom stereocenters. The third kappa shape index (κ3) is 4.87. The molecule has 0 fully saturated rings. The van der Waals surface area contributed by atoms with Crippen LogP contribution in [-0.2, 0) is 5.75 Å². The van der Waals surface area contributed by atoms with E-state index in [1.165, 1.54) is 11.1 Å². The first-order valence-electron chi connectivity index (χ1n) is 10.9. The van der Waals surface area contributed by atoms with Gasteiger partial charge >= 0.3 is 0 Å². The van der Waals surface area contributed by atoms with Crippen LogP contribution in [0.1, 0.15) is 27.2 Å². The van der Waals surface area contributed by atoms with Gasteiger partial charge in [-0.25, -0.2) is 4.98 Å². The van der Waals surface area contributed by atoms with Gasteiger partial charge in [-0.1, -0.05) is 30.0 Å². The third-order valence-electron chi connectivity index (χ3n) is 5.64. The number of aromatic nitrogens is 5. The third-order valence-corrected chi connectivity index (χ3v) is 7.54. The lowest BCUT2D eigenvalue weighted by atomic mass is 10.1. The van der Waals surface area contributed by atoms with E-state index in [-0.39, 0.29) is 0 Å². The Labute approximate surface area is 211 Å². The van der Waals surface area contributed by atoms with E-state index in [4.69, 9.17) is 10.7 Å². The molecule has 0 radical (unpaired) electrons. The number of nitrogens with two attached hydrogens (primary N) is 1. The molecule has 5 aromatic rings. The minimum absolute atomic E-state index is 0.438. The number of benzene rings is 2. The van der Waals surface area contributed by atoms with Crippen molar-refractivity contribution in [1.82, 2.24) is 24.7 Å². The Hall–Kier alpha value is -3.82. The summed E-state index contributed by atoms with van der Waals surface area (Å²) in [5.74, 6) is 0.980. The van der Waals surface area contributed by atoms with Crippen molar-refractivity contribution < 1.29 is 4.79 Å². The Morgan fingerprint density at radius 1 is 0.971 bits per heavy atom. The van der Waals surface area contributed by atoms with Crippen molar-refractivity contribution in [2.45, 2.75) is 24.8 Å². The molecule has 0 unspecified atom stereocenters. The molecular formula is C26H22N6OS2. The van der Waals surface area contributed by atoms with Gasteiger partial charge in [-0.3, -0.25) is 14.3 Å². The van der Waals surface area contributed by atoms with Crippen LogP contribution in [-0.4, -0.2) is 30.6 Å². The Balaban J connectivity index is 1.42. The van der Waals surface area contributed by atoms with E-state index in [0.29, 0.717) is 11.3 Å². The Kier molecular flexibility index (Phi) is 6.43. The van der Waals surface area contributed by atoms with Crippen LogP contribution in [0.15, 0.2) is 77.5 Å². The molecule has 2 N–H and O–H groups in total. The highest BCUT2D eigenvalue weighted by molar-refractivity contribution is 7.98. The zero-order valence-electron chi connectivity index (χ0n) is 19.2. The van der Waals surface area contributed by atoms with Gasteiger partial charge in [0.15, 0.2) is 11.0 Å². The number of hydrogen-bond acceptors (Lipinski definition) is 7. The maximum absolute atomic E-state index is 11.3. The highest BCUT2D eigenvalue weighted by Gasteiger charge is 2.17. The van der Waals surface area contributed by atoms with Gasteiger partial charge < -0.3 is 5.73 Å². The van der Waals surface area contributed by atoms with Gasteiger partial charge in [-0.05, 0) is 61.4 Å². The van der Waals surface area contributed by atoms with Gasteiger partial charge in [0.25, 0.3) is 0 Å². The zero-order chi connectivity index (χ0) is 24.4. The second-order valence-corrected chi connectivity index (χ2v) is 9.82. The molecule has 3 aromatic heterocycles. The normalized spacial score (nSPS) is 11.0. The van der Waals surface area contributed by atoms with Crippen LogP contribution in [0.4, 0.5) is 0 Å². The minimum atomic E-state index is -0.438. The largest absolute Gasteiger partial charge is 0.366 e. The van der Waals surface area contributed by atoms with Crippen LogP contribution in [0.25, 0.3) is 27.6 Å². The molecule has 1 amide bonds. The Bertz CT molecular complexity index is 1490. The van der Waals surface area contributed by atoms with Gasteiger partial charge in [-0.2, -0.15) is 0 Å². The number of rotatable bonds is 7. The van der Waals surface area contributed by atoms with E-state index < -0.39 is 5.91 Å². The molecule has 5 rings (SSSR count). The van der Waals surface area contributed by atoms with Gasteiger partial charge in [0.1, 0.15) is 5.01 Å². The smallest absolute Gasteiger partial charge is 0.248 e. The standard InChI is InChI=1S/C26H22N6OS2/c1-16-3-8-22(13-17(16)2)32-24(19-9-11-28-12-10-19)30-31-26(32)35-15-21-14-34-25(29-21)20-6-4-18(5-7-20)23(27)33/h3-14H,15H2,1-2H3,(H2,27,33). The summed E-state index contributed by atoms with van der Waals surface area (Å²) in [6.45, 7) is 4.21. The predicted molar refractivity (Wildman–Crippen MR) is 140 cm³/mol. The SMILES string of the molecule is Cc1ccc(-n2c(SCc3csc(-c4ccc(C(N)=O)cc4)n3)nnc2-c2ccncc2)cc1C. The molecule has 0 bridgehead atoms. The summed E-state index contributed by atoms with van der Waals surface area (Å²) in [6, 6.07) is 17.4. The number of hydrogen-bond donors (Lipinski definition) is 1. The van der Waals surface area contributed by atoms with E-state index in [0.717, 1.165) is 38.5 Å². The first-order chi connectivity index (χ1) is 17.0. The van der Waals surface area contributed by atoms with Crippen LogP contribution >= 0.6 is 23.1 Å². The fourth-order valence-corrected chi connectivity index (χ4v) is 5.35. The number of carbonyl (C=O) groups excluding carboxylic acids is 1. The highest BCUT2D eigenvalue weighted by Crippen LogP contribution is 2.32. The van der Waals surface area contributed by atoms with Gasteiger partial charge in [0.05, 0.1) is 11.4 Å². The van der Waals surface area contributed by atoms with Crippen molar-refractivity contribution in [3.8, 4) is 27.6 Å². The van der Waals surface area contributed by atoms with Crippen molar-refractivity contribution in [2.75, 3.05) is 0 Å². The molecule has 0 saturated heterocycles. The van der Waals surface area contributed by atoms with E-state index >= 15 is 0 Å². The quantitative estimate of drug-likeness (QED) is 0.299. The fraction of sp³-hybridized carbons (Fsp3) is 0.115. The number of aryl methyl sites for hydroxylation is 2. The molecule has 0 aliphatic heterocycles. The van der Waals surface area contributed by atoms with Crippen LogP contribution in [0.3, 0.4) is 0 Å². The Morgan fingerprint density at radius 3 is 2.46 bits per heavy atom. The van der Waals surface area contributed by atoms with Crippen LogP contribution in [0.5, 0.6) is 0 Å². The van der Waals surface area contributed by atoms with Crippen molar-refractivity contribution in [3.63, 3.8) is 0 Å². The summed E-state index contributed by atoms with van der Waals surface area (Å²) in [5, 5.41) is 12.8. The second kappa shape index (κ2) is 9.81. The average Bonchev–Trinajstić information content (AvgIpc) is 3.52. The highest BCUT2D eigenvalue weighted by atomic mass is 32.2. The molecule has 9 heteroatoms. The van der Waals surface area contributed by atoms with Crippen molar-refractivity contribution in [2.24, 2.45) is 5.73 Å². The number of carbonyl (C=O) groups is 1. The summed E-state index contributed by atoms with van der Waals surface area (Å²) in [7, 11) is 0. The van der Waals surface area contributed by atoms with Gasteiger partial charge in [0, 0.05) is 40.2 Å². The fourth-order valence-electron chi connectivity index (χ4n) is 3.57. The summed E-state index contributed by atoms with van der Waals surface area (Å²) in [4.78, 5) is 20.2. The number of nitrogens with zero attached hydrogens (tertiary/aromatic N) is 5. The average molecular weight is 499 g/mol. The number of amides is 1.